The fourth-order valence-corrected chi connectivity index (χ4v) is 3.42. The molecule has 19 heavy (non-hydrogen) atoms. The van der Waals surface area contributed by atoms with Crippen LogP contribution in [0.15, 0.2) is 28.0 Å². The fourth-order valence-electron chi connectivity index (χ4n) is 1.76. The van der Waals surface area contributed by atoms with E-state index in [0.29, 0.717) is 6.54 Å². The molecule has 102 valence electrons. The molecule has 0 saturated carbocycles. The molecule has 0 radical (unpaired) electrons. The van der Waals surface area contributed by atoms with Gasteiger partial charge in [0, 0.05) is 21.7 Å². The highest BCUT2D eigenvalue weighted by Crippen LogP contribution is 2.20. The Morgan fingerprint density at radius 1 is 1.16 bits per heavy atom. The van der Waals surface area contributed by atoms with Crippen LogP contribution in [0.1, 0.15) is 21.9 Å². The Bertz CT molecular complexity index is 512. The van der Waals surface area contributed by atoms with Gasteiger partial charge in [0.05, 0.1) is 11.2 Å². The molecule has 2 aromatic rings. The van der Waals surface area contributed by atoms with Gasteiger partial charge < -0.3 is 11.5 Å². The van der Waals surface area contributed by atoms with Crippen LogP contribution >= 0.6 is 22.7 Å². The van der Waals surface area contributed by atoms with Gasteiger partial charge in [-0.2, -0.15) is 0 Å². The van der Waals surface area contributed by atoms with Crippen molar-refractivity contribution in [1.29, 1.82) is 0 Å². The predicted molar refractivity (Wildman–Crippen MR) is 82.8 cm³/mol. The average molecular weight is 294 g/mol. The smallest absolute Gasteiger partial charge is 0.185 e. The molecule has 0 aliphatic rings. The van der Waals surface area contributed by atoms with Crippen LogP contribution in [-0.4, -0.2) is 17.5 Å². The molecule has 0 aromatic carbocycles. The average Bonchev–Trinajstić information content (AvgIpc) is 3.03. The summed E-state index contributed by atoms with van der Waals surface area (Å²) in [6.07, 6.45) is 4.13. The summed E-state index contributed by atoms with van der Waals surface area (Å²) in [5, 5.41) is 2.11. The zero-order valence-corrected chi connectivity index (χ0v) is 12.3. The second-order valence-electron chi connectivity index (χ2n) is 4.26. The summed E-state index contributed by atoms with van der Waals surface area (Å²) in [4.78, 5) is 11.1. The SMILES string of the molecule is NC(N)=NCCCc1ccc(CCc2cscn2)s1. The van der Waals surface area contributed by atoms with Gasteiger partial charge in [-0.05, 0) is 37.8 Å². The van der Waals surface area contributed by atoms with E-state index in [2.05, 4.69) is 27.5 Å². The lowest BCUT2D eigenvalue weighted by Crippen LogP contribution is -2.22. The van der Waals surface area contributed by atoms with E-state index in [1.165, 1.54) is 15.4 Å². The van der Waals surface area contributed by atoms with Crippen LogP contribution in [0.2, 0.25) is 0 Å². The third-order valence-electron chi connectivity index (χ3n) is 2.70. The Morgan fingerprint density at radius 2 is 1.95 bits per heavy atom. The van der Waals surface area contributed by atoms with Crippen LogP contribution in [0, 0.1) is 0 Å². The van der Waals surface area contributed by atoms with Crippen LogP contribution < -0.4 is 11.5 Å². The second kappa shape index (κ2) is 7.25. The minimum Gasteiger partial charge on any atom is -0.370 e. The molecule has 0 fully saturated rings. The first-order chi connectivity index (χ1) is 9.24. The van der Waals surface area contributed by atoms with Crippen molar-refractivity contribution in [3.8, 4) is 0 Å². The van der Waals surface area contributed by atoms with Gasteiger partial charge in [0.25, 0.3) is 0 Å². The Hall–Kier alpha value is -1.40. The lowest BCUT2D eigenvalue weighted by Gasteiger charge is -1.96. The highest BCUT2D eigenvalue weighted by Gasteiger charge is 2.02. The van der Waals surface area contributed by atoms with E-state index < -0.39 is 0 Å². The largest absolute Gasteiger partial charge is 0.370 e. The predicted octanol–water partition coefficient (Wildman–Crippen LogP) is 2.20. The van der Waals surface area contributed by atoms with Gasteiger partial charge in [-0.3, -0.25) is 4.99 Å². The first kappa shape index (κ1) is 14.0. The molecule has 2 heterocycles. The zero-order chi connectivity index (χ0) is 13.5. The van der Waals surface area contributed by atoms with Crippen molar-refractivity contribution in [1.82, 2.24) is 4.98 Å². The molecule has 0 bridgehead atoms. The monoisotopic (exact) mass is 294 g/mol. The molecule has 0 atom stereocenters. The van der Waals surface area contributed by atoms with Crippen molar-refractivity contribution in [2.45, 2.75) is 25.7 Å². The highest BCUT2D eigenvalue weighted by atomic mass is 32.1. The first-order valence-corrected chi connectivity index (χ1v) is 8.00. The molecule has 6 heteroatoms. The molecule has 4 nitrogen and oxygen atoms in total. The Kier molecular flexibility index (Phi) is 5.35. The number of aliphatic imine (C=N–C) groups is 1. The van der Waals surface area contributed by atoms with Gasteiger partial charge in [0.15, 0.2) is 5.96 Å². The van der Waals surface area contributed by atoms with E-state index in [1.807, 2.05) is 16.8 Å². The van der Waals surface area contributed by atoms with Crippen molar-refractivity contribution in [2.24, 2.45) is 16.5 Å². The third-order valence-corrected chi connectivity index (χ3v) is 4.54. The molecule has 0 aliphatic carbocycles. The van der Waals surface area contributed by atoms with Gasteiger partial charge in [-0.15, -0.1) is 22.7 Å². The summed E-state index contributed by atoms with van der Waals surface area (Å²) in [5.41, 5.74) is 13.6. The Labute approximate surface area is 121 Å². The van der Waals surface area contributed by atoms with Crippen LogP contribution in [0.25, 0.3) is 0 Å². The molecular weight excluding hydrogens is 276 g/mol. The second-order valence-corrected chi connectivity index (χ2v) is 6.23. The number of nitrogens with two attached hydrogens (primary N) is 2. The van der Waals surface area contributed by atoms with E-state index in [0.717, 1.165) is 25.7 Å². The fraction of sp³-hybridized carbons (Fsp3) is 0.385. The summed E-state index contributed by atoms with van der Waals surface area (Å²) in [7, 11) is 0. The van der Waals surface area contributed by atoms with Crippen molar-refractivity contribution in [3.05, 3.63) is 38.5 Å². The zero-order valence-electron chi connectivity index (χ0n) is 10.7. The van der Waals surface area contributed by atoms with Gasteiger partial charge in [0.2, 0.25) is 0 Å². The maximum absolute atomic E-state index is 5.29. The van der Waals surface area contributed by atoms with E-state index in [9.17, 15) is 0 Å². The van der Waals surface area contributed by atoms with E-state index in [1.54, 1.807) is 11.3 Å². The van der Waals surface area contributed by atoms with Crippen molar-refractivity contribution in [3.63, 3.8) is 0 Å². The van der Waals surface area contributed by atoms with Crippen LogP contribution in [-0.2, 0) is 19.3 Å². The molecule has 4 N–H and O–H groups in total. The maximum Gasteiger partial charge on any atom is 0.185 e. The number of hydrogen-bond acceptors (Lipinski definition) is 4. The highest BCUT2D eigenvalue weighted by molar-refractivity contribution is 7.12. The molecular formula is C13H18N4S2. The van der Waals surface area contributed by atoms with Gasteiger partial charge in [0.1, 0.15) is 0 Å². The van der Waals surface area contributed by atoms with Gasteiger partial charge in [-0.25, -0.2) is 4.98 Å². The van der Waals surface area contributed by atoms with Crippen LogP contribution in [0.4, 0.5) is 0 Å². The van der Waals surface area contributed by atoms with Crippen LogP contribution in [0.3, 0.4) is 0 Å². The number of thiophene rings is 1. The van der Waals surface area contributed by atoms with Crippen molar-refractivity contribution < 1.29 is 0 Å². The summed E-state index contributed by atoms with van der Waals surface area (Å²) in [5.74, 6) is 0.176. The van der Waals surface area contributed by atoms with Crippen molar-refractivity contribution >= 4 is 28.6 Å². The number of aryl methyl sites for hydroxylation is 3. The Balaban J connectivity index is 1.74. The van der Waals surface area contributed by atoms with E-state index in [-0.39, 0.29) is 5.96 Å². The quantitative estimate of drug-likeness (QED) is 0.467. The summed E-state index contributed by atoms with van der Waals surface area (Å²) in [6, 6.07) is 4.42. The number of rotatable bonds is 7. The van der Waals surface area contributed by atoms with E-state index in [4.69, 9.17) is 11.5 Å². The maximum atomic E-state index is 5.29. The minimum absolute atomic E-state index is 0.176. The number of thiazole rings is 1. The Morgan fingerprint density at radius 3 is 2.63 bits per heavy atom. The molecule has 0 aliphatic heterocycles. The topological polar surface area (TPSA) is 77.3 Å². The summed E-state index contributed by atoms with van der Waals surface area (Å²) < 4.78 is 0. The number of hydrogen-bond donors (Lipinski definition) is 2. The minimum atomic E-state index is 0.176. The standard InChI is InChI=1S/C13H18N4S2/c14-13(15)16-7-1-2-11-5-6-12(19-11)4-3-10-8-18-9-17-10/h5-6,8-9H,1-4,7H2,(H4,14,15,16). The molecule has 0 saturated heterocycles. The number of guanidine groups is 1. The molecule has 0 amide bonds. The summed E-state index contributed by atoms with van der Waals surface area (Å²) >= 11 is 3.53. The first-order valence-electron chi connectivity index (χ1n) is 6.24. The van der Waals surface area contributed by atoms with Crippen molar-refractivity contribution in [2.75, 3.05) is 6.54 Å². The molecule has 0 spiro atoms. The third kappa shape index (κ3) is 5.00. The lowest BCUT2D eigenvalue weighted by molar-refractivity contribution is 0.841. The normalized spacial score (nSPS) is 10.5. The van der Waals surface area contributed by atoms with E-state index >= 15 is 0 Å². The van der Waals surface area contributed by atoms with Gasteiger partial charge >= 0.3 is 0 Å². The molecule has 2 aromatic heterocycles. The molecule has 2 rings (SSSR count). The number of aromatic nitrogens is 1. The van der Waals surface area contributed by atoms with Gasteiger partial charge in [-0.1, -0.05) is 0 Å². The summed E-state index contributed by atoms with van der Waals surface area (Å²) in [6.45, 7) is 0.703. The van der Waals surface area contributed by atoms with Crippen LogP contribution in [0.5, 0.6) is 0 Å². The number of nitrogens with zero attached hydrogens (tertiary/aromatic N) is 2. The molecule has 0 unspecified atom stereocenters. The lowest BCUT2D eigenvalue weighted by atomic mass is 10.2.